The van der Waals surface area contributed by atoms with Crippen LogP contribution in [0, 0.1) is 6.92 Å². The molecule has 0 aliphatic heterocycles. The molecule has 2 N–H and O–H groups in total. The van der Waals surface area contributed by atoms with Crippen molar-refractivity contribution < 1.29 is 9.90 Å². The molecule has 0 bridgehead atoms. The lowest BCUT2D eigenvalue weighted by atomic mass is 10.1. The highest BCUT2D eigenvalue weighted by Crippen LogP contribution is 2.29. The SMILES string of the molecule is Cc1nc(Nc2cc(C(=O)O)n(C(C)C)c2)nc2c1ccc(=O)n2C1CCCCCC1. The average molecular weight is 424 g/mol. The van der Waals surface area contributed by atoms with Gasteiger partial charge in [0.2, 0.25) is 5.95 Å². The van der Waals surface area contributed by atoms with Gasteiger partial charge in [0.05, 0.1) is 11.4 Å². The summed E-state index contributed by atoms with van der Waals surface area (Å²) in [7, 11) is 0. The van der Waals surface area contributed by atoms with E-state index in [1.807, 2.05) is 25.3 Å². The third kappa shape index (κ3) is 4.19. The van der Waals surface area contributed by atoms with E-state index in [-0.39, 0.29) is 23.3 Å². The standard InChI is InChI=1S/C23H29N5O3/c1-14(2)27-13-16(12-19(27)22(30)31)25-23-24-15(3)18-10-11-20(29)28(21(18)26-23)17-8-6-4-5-7-9-17/h10-14,17H,4-9H2,1-3H3,(H,30,31)(H,24,25,26). The summed E-state index contributed by atoms with van der Waals surface area (Å²) in [6.07, 6.45) is 8.34. The van der Waals surface area contributed by atoms with Crippen molar-refractivity contribution in [2.45, 2.75) is 71.4 Å². The maximum absolute atomic E-state index is 12.8. The first-order valence-corrected chi connectivity index (χ1v) is 11.0. The van der Waals surface area contributed by atoms with E-state index in [9.17, 15) is 14.7 Å². The highest BCUT2D eigenvalue weighted by molar-refractivity contribution is 5.88. The molecule has 164 valence electrons. The van der Waals surface area contributed by atoms with Gasteiger partial charge >= 0.3 is 5.97 Å². The first kappa shape index (κ1) is 21.1. The first-order valence-electron chi connectivity index (χ1n) is 11.0. The largest absolute Gasteiger partial charge is 0.477 e. The number of carboxylic acids is 1. The Balaban J connectivity index is 1.78. The number of hydrogen-bond acceptors (Lipinski definition) is 5. The molecule has 8 heteroatoms. The molecule has 0 amide bonds. The molecule has 8 nitrogen and oxygen atoms in total. The second-order valence-corrected chi connectivity index (χ2v) is 8.60. The summed E-state index contributed by atoms with van der Waals surface area (Å²) in [5.41, 5.74) is 2.17. The predicted molar refractivity (Wildman–Crippen MR) is 120 cm³/mol. The molecular formula is C23H29N5O3. The van der Waals surface area contributed by atoms with Gasteiger partial charge < -0.3 is 15.0 Å². The van der Waals surface area contributed by atoms with Crippen LogP contribution in [-0.4, -0.2) is 30.2 Å². The first-order chi connectivity index (χ1) is 14.8. The zero-order valence-electron chi connectivity index (χ0n) is 18.3. The van der Waals surface area contributed by atoms with Crippen LogP contribution in [-0.2, 0) is 0 Å². The molecule has 0 spiro atoms. The Labute approximate surface area is 180 Å². The summed E-state index contributed by atoms with van der Waals surface area (Å²) in [6.45, 7) is 5.76. The Bertz CT molecular complexity index is 1170. The fourth-order valence-electron chi connectivity index (χ4n) is 4.48. The van der Waals surface area contributed by atoms with Crippen molar-refractivity contribution in [1.82, 2.24) is 19.1 Å². The second kappa shape index (κ2) is 8.53. The molecule has 3 heterocycles. The number of hydrogen-bond donors (Lipinski definition) is 2. The highest BCUT2D eigenvalue weighted by atomic mass is 16.4. The van der Waals surface area contributed by atoms with Crippen LogP contribution in [0.25, 0.3) is 11.0 Å². The van der Waals surface area contributed by atoms with Gasteiger partial charge in [0.15, 0.2) is 0 Å². The number of fused-ring (bicyclic) bond motifs is 1. The third-order valence-electron chi connectivity index (χ3n) is 6.04. The van der Waals surface area contributed by atoms with E-state index >= 15 is 0 Å². The van der Waals surface area contributed by atoms with Crippen LogP contribution in [0.5, 0.6) is 0 Å². The molecular weight excluding hydrogens is 394 g/mol. The minimum absolute atomic E-state index is 0.00123. The maximum atomic E-state index is 12.8. The third-order valence-corrected chi connectivity index (χ3v) is 6.04. The van der Waals surface area contributed by atoms with Crippen molar-refractivity contribution in [1.29, 1.82) is 0 Å². The van der Waals surface area contributed by atoms with Crippen molar-refractivity contribution in [3.05, 3.63) is 46.1 Å². The molecule has 1 aliphatic carbocycles. The number of nitrogens with one attached hydrogen (secondary N) is 1. The monoisotopic (exact) mass is 423 g/mol. The number of carbonyl (C=O) groups is 1. The van der Waals surface area contributed by atoms with Crippen molar-refractivity contribution >= 4 is 28.6 Å². The molecule has 3 aromatic heterocycles. The minimum Gasteiger partial charge on any atom is -0.477 e. The van der Waals surface area contributed by atoms with Gasteiger partial charge in [-0.15, -0.1) is 0 Å². The van der Waals surface area contributed by atoms with Crippen molar-refractivity contribution in [3.8, 4) is 0 Å². The number of pyridine rings is 1. The molecule has 1 aliphatic rings. The molecule has 1 fully saturated rings. The fraction of sp³-hybridized carbons (Fsp3) is 0.478. The van der Waals surface area contributed by atoms with Crippen LogP contribution in [0.1, 0.15) is 80.6 Å². The van der Waals surface area contributed by atoms with Crippen LogP contribution < -0.4 is 10.9 Å². The minimum atomic E-state index is -0.987. The van der Waals surface area contributed by atoms with Crippen molar-refractivity contribution in [2.75, 3.05) is 5.32 Å². The van der Waals surface area contributed by atoms with Crippen LogP contribution in [0.15, 0.2) is 29.2 Å². The Morgan fingerprint density at radius 2 is 1.87 bits per heavy atom. The Morgan fingerprint density at radius 3 is 2.48 bits per heavy atom. The number of nitrogens with zero attached hydrogens (tertiary/aromatic N) is 4. The topological polar surface area (TPSA) is 102 Å². The van der Waals surface area contributed by atoms with Gasteiger partial charge in [-0.1, -0.05) is 25.7 Å². The maximum Gasteiger partial charge on any atom is 0.352 e. The lowest BCUT2D eigenvalue weighted by Gasteiger charge is -2.20. The number of rotatable bonds is 5. The summed E-state index contributed by atoms with van der Waals surface area (Å²) < 4.78 is 3.53. The number of aromatic carboxylic acids is 1. The van der Waals surface area contributed by atoms with Gasteiger partial charge in [-0.25, -0.2) is 9.78 Å². The number of aromatic nitrogens is 4. The van der Waals surface area contributed by atoms with E-state index < -0.39 is 5.97 Å². The van der Waals surface area contributed by atoms with Crippen molar-refractivity contribution in [2.24, 2.45) is 0 Å². The molecule has 4 rings (SSSR count). The molecule has 0 radical (unpaired) electrons. The van der Waals surface area contributed by atoms with E-state index in [2.05, 4.69) is 10.3 Å². The Hall–Kier alpha value is -3.16. The summed E-state index contributed by atoms with van der Waals surface area (Å²) in [4.78, 5) is 33.7. The van der Waals surface area contributed by atoms with Gasteiger partial charge in [-0.05, 0) is 45.7 Å². The van der Waals surface area contributed by atoms with E-state index in [1.165, 1.54) is 12.8 Å². The molecule has 0 atom stereocenters. The summed E-state index contributed by atoms with van der Waals surface area (Å²) in [6, 6.07) is 5.12. The number of carboxylic acid groups (broad SMARTS) is 1. The van der Waals surface area contributed by atoms with Crippen LogP contribution >= 0.6 is 0 Å². The smallest absolute Gasteiger partial charge is 0.352 e. The molecule has 31 heavy (non-hydrogen) atoms. The predicted octanol–water partition coefficient (Wildman–Crippen LogP) is 4.82. The normalized spacial score (nSPS) is 15.4. The van der Waals surface area contributed by atoms with E-state index in [0.29, 0.717) is 17.3 Å². The Kier molecular flexibility index (Phi) is 5.80. The molecule has 0 unspecified atom stereocenters. The number of aryl methyl sites for hydroxylation is 1. The Morgan fingerprint density at radius 1 is 1.16 bits per heavy atom. The van der Waals surface area contributed by atoms with Gasteiger partial charge in [-0.2, -0.15) is 4.98 Å². The zero-order chi connectivity index (χ0) is 22.1. The van der Waals surface area contributed by atoms with Crippen molar-refractivity contribution in [3.63, 3.8) is 0 Å². The van der Waals surface area contributed by atoms with Gasteiger partial charge in [0, 0.05) is 29.7 Å². The second-order valence-electron chi connectivity index (χ2n) is 8.60. The van der Waals surface area contributed by atoms with Crippen LogP contribution in [0.2, 0.25) is 0 Å². The van der Waals surface area contributed by atoms with E-state index in [1.54, 1.807) is 29.0 Å². The summed E-state index contributed by atoms with van der Waals surface area (Å²) in [5.74, 6) is -0.629. The van der Waals surface area contributed by atoms with Gasteiger partial charge in [0.25, 0.3) is 5.56 Å². The summed E-state index contributed by atoms with van der Waals surface area (Å²) in [5, 5.41) is 13.5. The zero-order valence-corrected chi connectivity index (χ0v) is 18.3. The van der Waals surface area contributed by atoms with Crippen LogP contribution in [0.4, 0.5) is 11.6 Å². The molecule has 1 saturated carbocycles. The quantitative estimate of drug-likeness (QED) is 0.571. The average Bonchev–Trinajstić information content (AvgIpc) is 2.96. The lowest BCUT2D eigenvalue weighted by Crippen LogP contribution is -2.25. The molecule has 3 aromatic rings. The number of anilines is 2. The molecule has 0 saturated heterocycles. The lowest BCUT2D eigenvalue weighted by molar-refractivity contribution is 0.0683. The van der Waals surface area contributed by atoms with Gasteiger partial charge in [-0.3, -0.25) is 9.36 Å². The van der Waals surface area contributed by atoms with Crippen LogP contribution in [0.3, 0.4) is 0 Å². The van der Waals surface area contributed by atoms with E-state index in [0.717, 1.165) is 36.8 Å². The van der Waals surface area contributed by atoms with E-state index in [4.69, 9.17) is 4.98 Å². The highest BCUT2D eigenvalue weighted by Gasteiger charge is 2.20. The fourth-order valence-corrected chi connectivity index (χ4v) is 4.48. The summed E-state index contributed by atoms with van der Waals surface area (Å²) >= 11 is 0. The molecule has 0 aromatic carbocycles. The van der Waals surface area contributed by atoms with Gasteiger partial charge in [0.1, 0.15) is 11.3 Å².